The second-order valence-electron chi connectivity index (χ2n) is 4.60. The van der Waals surface area contributed by atoms with Crippen molar-refractivity contribution in [1.82, 2.24) is 0 Å². The molecule has 7 heteroatoms. The summed E-state index contributed by atoms with van der Waals surface area (Å²) in [6.45, 7) is 0. The van der Waals surface area contributed by atoms with Crippen LogP contribution in [0, 0.1) is 0 Å². The highest BCUT2D eigenvalue weighted by atomic mass is 35.5. The topological polar surface area (TPSA) is 90.6 Å². The number of hydrogen-bond donors (Lipinski definition) is 2. The first kappa shape index (κ1) is 16.6. The van der Waals surface area contributed by atoms with Gasteiger partial charge in [-0.1, -0.05) is 11.6 Å². The Kier molecular flexibility index (Phi) is 5.08. The molecule has 6 nitrogen and oxygen atoms in total. The minimum atomic E-state index is -0.506. The summed E-state index contributed by atoms with van der Waals surface area (Å²) in [7, 11) is 2.58. The van der Waals surface area contributed by atoms with E-state index in [2.05, 4.69) is 10.1 Å². The molecule has 120 valence electrons. The van der Waals surface area contributed by atoms with Gasteiger partial charge in [0.1, 0.15) is 0 Å². The Bertz CT molecular complexity index is 762. The maximum atomic E-state index is 11.8. The van der Waals surface area contributed by atoms with Crippen molar-refractivity contribution in [2.75, 3.05) is 25.3 Å². The Labute approximate surface area is 138 Å². The van der Waals surface area contributed by atoms with Crippen molar-refractivity contribution in [2.45, 2.75) is 0 Å². The van der Waals surface area contributed by atoms with Gasteiger partial charge in [-0.2, -0.15) is 0 Å². The molecule has 0 saturated heterocycles. The van der Waals surface area contributed by atoms with E-state index < -0.39 is 11.9 Å². The Morgan fingerprint density at radius 1 is 1.00 bits per heavy atom. The zero-order valence-corrected chi connectivity index (χ0v) is 13.3. The number of ether oxygens (including phenoxy) is 2. The van der Waals surface area contributed by atoms with Crippen molar-refractivity contribution >= 4 is 40.6 Å². The van der Waals surface area contributed by atoms with Crippen LogP contribution >= 0.6 is 11.6 Å². The number of halogens is 1. The van der Waals surface area contributed by atoms with Crippen LogP contribution in [0.1, 0.15) is 20.7 Å². The molecular formula is C16H15ClN2O4. The zero-order valence-electron chi connectivity index (χ0n) is 12.6. The number of nitrogens with two attached hydrogens (primary N) is 1. The lowest BCUT2D eigenvalue weighted by atomic mass is 10.1. The Morgan fingerprint density at radius 3 is 2.30 bits per heavy atom. The fourth-order valence-electron chi connectivity index (χ4n) is 1.97. The van der Waals surface area contributed by atoms with E-state index >= 15 is 0 Å². The second kappa shape index (κ2) is 7.02. The van der Waals surface area contributed by atoms with Crippen LogP contribution in [-0.2, 0) is 9.47 Å². The molecule has 0 fully saturated rings. The molecule has 3 N–H and O–H groups in total. The molecule has 0 amide bonds. The number of rotatable bonds is 4. The molecular weight excluding hydrogens is 320 g/mol. The van der Waals surface area contributed by atoms with Crippen LogP contribution in [0.15, 0.2) is 36.4 Å². The Balaban J connectivity index is 2.37. The highest BCUT2D eigenvalue weighted by Crippen LogP contribution is 2.29. The molecule has 0 radical (unpaired) electrons. The molecule has 0 bridgehead atoms. The lowest BCUT2D eigenvalue weighted by molar-refractivity contribution is 0.0592. The average Bonchev–Trinajstić information content (AvgIpc) is 2.55. The summed E-state index contributed by atoms with van der Waals surface area (Å²) in [5, 5.41) is 3.47. The van der Waals surface area contributed by atoms with E-state index in [0.717, 1.165) is 0 Å². The van der Waals surface area contributed by atoms with Crippen molar-refractivity contribution in [3.8, 4) is 0 Å². The number of esters is 2. The summed E-state index contributed by atoms with van der Waals surface area (Å²) in [6.07, 6.45) is 0. The van der Waals surface area contributed by atoms with Gasteiger partial charge < -0.3 is 20.5 Å². The maximum absolute atomic E-state index is 11.8. The van der Waals surface area contributed by atoms with Gasteiger partial charge in [-0.05, 0) is 36.4 Å². The molecule has 2 aromatic carbocycles. The van der Waals surface area contributed by atoms with E-state index in [1.165, 1.54) is 20.3 Å². The summed E-state index contributed by atoms with van der Waals surface area (Å²) in [6, 6.07) is 9.38. The van der Waals surface area contributed by atoms with Crippen LogP contribution in [0.3, 0.4) is 0 Å². The van der Waals surface area contributed by atoms with Crippen molar-refractivity contribution in [3.05, 3.63) is 52.5 Å². The monoisotopic (exact) mass is 334 g/mol. The number of hydrogen-bond acceptors (Lipinski definition) is 6. The van der Waals surface area contributed by atoms with Gasteiger partial charge in [0, 0.05) is 5.02 Å². The third-order valence-electron chi connectivity index (χ3n) is 3.13. The zero-order chi connectivity index (χ0) is 17.0. The lowest BCUT2D eigenvalue weighted by Crippen LogP contribution is -2.07. The Morgan fingerprint density at radius 2 is 1.70 bits per heavy atom. The van der Waals surface area contributed by atoms with Crippen molar-refractivity contribution in [1.29, 1.82) is 0 Å². The van der Waals surface area contributed by atoms with Crippen LogP contribution in [0.4, 0.5) is 17.1 Å². The highest BCUT2D eigenvalue weighted by molar-refractivity contribution is 6.31. The minimum absolute atomic E-state index is 0.313. The van der Waals surface area contributed by atoms with Gasteiger partial charge in [0.2, 0.25) is 0 Å². The molecule has 0 unspecified atom stereocenters. The van der Waals surface area contributed by atoms with Gasteiger partial charge in [-0.25, -0.2) is 9.59 Å². The SMILES string of the molecule is COC(=O)c1ccc(Nc2cc(Cl)ccc2C(=O)OC)c(N)c1. The Hall–Kier alpha value is -2.73. The summed E-state index contributed by atoms with van der Waals surface area (Å²) < 4.78 is 9.37. The molecule has 2 aromatic rings. The van der Waals surface area contributed by atoms with Gasteiger partial charge in [-0.15, -0.1) is 0 Å². The van der Waals surface area contributed by atoms with Crippen LogP contribution in [0.5, 0.6) is 0 Å². The molecule has 0 heterocycles. The summed E-state index contributed by atoms with van der Waals surface area (Å²) in [5.74, 6) is -0.991. The number of nitrogen functional groups attached to an aromatic ring is 1. The highest BCUT2D eigenvalue weighted by Gasteiger charge is 2.14. The fraction of sp³-hybridized carbons (Fsp3) is 0.125. The predicted octanol–water partition coefficient (Wildman–Crippen LogP) is 3.24. The molecule has 2 rings (SSSR count). The van der Waals surface area contributed by atoms with E-state index in [4.69, 9.17) is 22.1 Å². The summed E-state index contributed by atoms with van der Waals surface area (Å²) in [5.41, 5.74) is 7.87. The number of carbonyl (C=O) groups is 2. The maximum Gasteiger partial charge on any atom is 0.339 e. The largest absolute Gasteiger partial charge is 0.465 e. The number of methoxy groups -OCH3 is 2. The molecule has 0 aromatic heterocycles. The molecule has 0 aliphatic heterocycles. The lowest BCUT2D eigenvalue weighted by Gasteiger charge is -2.13. The first-order valence-corrected chi connectivity index (χ1v) is 6.96. The average molecular weight is 335 g/mol. The van der Waals surface area contributed by atoms with Crippen molar-refractivity contribution in [3.63, 3.8) is 0 Å². The van der Waals surface area contributed by atoms with Crippen LogP contribution < -0.4 is 11.1 Å². The third-order valence-corrected chi connectivity index (χ3v) is 3.36. The summed E-state index contributed by atoms with van der Waals surface area (Å²) in [4.78, 5) is 23.3. The van der Waals surface area contributed by atoms with Crippen LogP contribution in [0.2, 0.25) is 5.02 Å². The third kappa shape index (κ3) is 3.73. The van der Waals surface area contributed by atoms with Crippen LogP contribution in [-0.4, -0.2) is 26.2 Å². The van der Waals surface area contributed by atoms with E-state index in [1.807, 2.05) is 0 Å². The predicted molar refractivity (Wildman–Crippen MR) is 88.3 cm³/mol. The van der Waals surface area contributed by atoms with Crippen molar-refractivity contribution in [2.24, 2.45) is 0 Å². The van der Waals surface area contributed by atoms with Gasteiger partial charge in [0.25, 0.3) is 0 Å². The number of carbonyl (C=O) groups excluding carboxylic acids is 2. The fourth-order valence-corrected chi connectivity index (χ4v) is 2.15. The minimum Gasteiger partial charge on any atom is -0.465 e. The first-order valence-electron chi connectivity index (χ1n) is 6.59. The van der Waals surface area contributed by atoms with E-state index in [9.17, 15) is 9.59 Å². The first-order chi connectivity index (χ1) is 11.0. The van der Waals surface area contributed by atoms with Gasteiger partial charge in [-0.3, -0.25) is 0 Å². The number of nitrogens with one attached hydrogen (secondary N) is 1. The van der Waals surface area contributed by atoms with E-state index in [1.54, 1.807) is 30.3 Å². The number of benzene rings is 2. The molecule has 0 aliphatic rings. The normalized spacial score (nSPS) is 10.0. The van der Waals surface area contributed by atoms with Gasteiger partial charge in [0.05, 0.1) is 42.4 Å². The van der Waals surface area contributed by atoms with E-state index in [-0.39, 0.29) is 0 Å². The van der Waals surface area contributed by atoms with Gasteiger partial charge >= 0.3 is 11.9 Å². The quantitative estimate of drug-likeness (QED) is 0.659. The molecule has 0 saturated carbocycles. The number of anilines is 3. The van der Waals surface area contributed by atoms with Crippen molar-refractivity contribution < 1.29 is 19.1 Å². The molecule has 0 aliphatic carbocycles. The molecule has 23 heavy (non-hydrogen) atoms. The standard InChI is InChI=1S/C16H15ClN2O4/c1-22-15(20)9-3-6-13(12(18)7-9)19-14-8-10(17)4-5-11(14)16(21)23-2/h3-8,19H,18H2,1-2H3. The molecule has 0 atom stereocenters. The van der Waals surface area contributed by atoms with Crippen LogP contribution in [0.25, 0.3) is 0 Å². The smallest absolute Gasteiger partial charge is 0.339 e. The molecule has 0 spiro atoms. The second-order valence-corrected chi connectivity index (χ2v) is 5.04. The summed E-state index contributed by atoms with van der Waals surface area (Å²) >= 11 is 5.97. The van der Waals surface area contributed by atoms with E-state index in [0.29, 0.717) is 33.2 Å². The van der Waals surface area contributed by atoms with Gasteiger partial charge in [0.15, 0.2) is 0 Å².